The Balaban J connectivity index is 3.04. The van der Waals surface area contributed by atoms with E-state index in [1.165, 1.54) is 0 Å². The van der Waals surface area contributed by atoms with Crippen LogP contribution in [0, 0.1) is 0 Å². The van der Waals surface area contributed by atoms with Gasteiger partial charge in [-0.25, -0.2) is 0 Å². The highest BCUT2D eigenvalue weighted by Crippen LogP contribution is 2.25. The summed E-state index contributed by atoms with van der Waals surface area (Å²) in [5.41, 5.74) is -0.386. The van der Waals surface area contributed by atoms with Crippen LogP contribution < -0.4 is 0 Å². The molecule has 0 aromatic heterocycles. The first kappa shape index (κ1) is 12.1. The van der Waals surface area contributed by atoms with Gasteiger partial charge in [0.05, 0.1) is 5.41 Å². The van der Waals surface area contributed by atoms with Gasteiger partial charge in [0.25, 0.3) is 0 Å². The molecule has 0 amide bonds. The van der Waals surface area contributed by atoms with E-state index in [9.17, 15) is 9.90 Å². The van der Waals surface area contributed by atoms with Crippen molar-refractivity contribution < 1.29 is 15.0 Å². The minimum Gasteiger partial charge on any atom is -0.481 e. The average molecular weight is 226 g/mol. The molecule has 0 radical (unpaired) electrons. The van der Waals surface area contributed by atoms with Crippen LogP contribution in [0.4, 0.5) is 0 Å². The van der Waals surface area contributed by atoms with E-state index >= 15 is 0 Å². The lowest BCUT2D eigenvalue weighted by Gasteiger charge is -2.20. The first-order valence-electron chi connectivity index (χ1n) is 4.55. The highest BCUT2D eigenvalue weighted by atomic mass is 32.1. The normalized spacial score (nSPS) is 13.6. The van der Waals surface area contributed by atoms with Gasteiger partial charge in [-0.1, -0.05) is 24.3 Å². The van der Waals surface area contributed by atoms with Gasteiger partial charge in [0.2, 0.25) is 0 Å². The van der Waals surface area contributed by atoms with E-state index in [1.807, 2.05) is 0 Å². The molecule has 1 atom stereocenters. The molecule has 4 heteroatoms. The number of carboxylic acid groups (broad SMARTS) is 1. The Kier molecular flexibility index (Phi) is 3.42. The fourth-order valence-corrected chi connectivity index (χ4v) is 1.37. The fourth-order valence-electron chi connectivity index (χ4n) is 1.20. The molecule has 1 aromatic rings. The van der Waals surface area contributed by atoms with Gasteiger partial charge in [-0.05, 0) is 25.0 Å². The number of aliphatic hydroxyl groups is 1. The average Bonchev–Trinajstić information content (AvgIpc) is 2.17. The van der Waals surface area contributed by atoms with Crippen molar-refractivity contribution in [3.8, 4) is 0 Å². The van der Waals surface area contributed by atoms with Crippen molar-refractivity contribution in [1.82, 2.24) is 0 Å². The smallest absolute Gasteiger partial charge is 0.313 e. The third-order valence-corrected chi connectivity index (χ3v) is 2.76. The van der Waals surface area contributed by atoms with Crippen LogP contribution in [-0.2, 0) is 10.2 Å². The first-order valence-corrected chi connectivity index (χ1v) is 5.07. The SMILES string of the molecule is CC(C)(C(=O)O)c1ccc(C(O)S)cc1. The molecule has 0 aliphatic rings. The summed E-state index contributed by atoms with van der Waals surface area (Å²) >= 11 is 3.87. The van der Waals surface area contributed by atoms with Crippen LogP contribution in [0.2, 0.25) is 0 Å². The molecule has 0 aliphatic carbocycles. The molecule has 2 N–H and O–H groups in total. The van der Waals surface area contributed by atoms with E-state index in [0.717, 1.165) is 0 Å². The fraction of sp³-hybridized carbons (Fsp3) is 0.364. The Morgan fingerprint density at radius 3 is 2.13 bits per heavy atom. The van der Waals surface area contributed by atoms with Gasteiger partial charge in [-0.15, -0.1) is 12.6 Å². The lowest BCUT2D eigenvalue weighted by atomic mass is 9.84. The monoisotopic (exact) mass is 226 g/mol. The van der Waals surface area contributed by atoms with Crippen molar-refractivity contribution in [2.75, 3.05) is 0 Å². The number of aliphatic carboxylic acids is 1. The predicted octanol–water partition coefficient (Wildman–Crippen LogP) is 1.97. The van der Waals surface area contributed by atoms with Crippen molar-refractivity contribution in [3.63, 3.8) is 0 Å². The summed E-state index contributed by atoms with van der Waals surface area (Å²) in [4.78, 5) is 11.0. The van der Waals surface area contributed by atoms with E-state index in [2.05, 4.69) is 12.6 Å². The second-order valence-electron chi connectivity index (χ2n) is 3.93. The van der Waals surface area contributed by atoms with Crippen LogP contribution in [0.5, 0.6) is 0 Å². The number of hydrogen-bond acceptors (Lipinski definition) is 3. The number of aliphatic hydroxyl groups excluding tert-OH is 1. The van der Waals surface area contributed by atoms with Gasteiger partial charge in [0, 0.05) is 0 Å². The van der Waals surface area contributed by atoms with E-state index in [0.29, 0.717) is 11.1 Å². The molecule has 0 saturated carbocycles. The summed E-state index contributed by atoms with van der Waals surface area (Å²) in [6, 6.07) is 6.75. The number of carbonyl (C=O) groups is 1. The molecule has 15 heavy (non-hydrogen) atoms. The zero-order valence-electron chi connectivity index (χ0n) is 8.64. The van der Waals surface area contributed by atoms with Crippen LogP contribution in [0.15, 0.2) is 24.3 Å². The molecule has 1 rings (SSSR count). The quantitative estimate of drug-likeness (QED) is 0.545. The van der Waals surface area contributed by atoms with Gasteiger partial charge < -0.3 is 10.2 Å². The lowest BCUT2D eigenvalue weighted by Crippen LogP contribution is -2.28. The van der Waals surface area contributed by atoms with Crippen molar-refractivity contribution in [2.24, 2.45) is 0 Å². The van der Waals surface area contributed by atoms with Gasteiger partial charge in [-0.2, -0.15) is 0 Å². The number of benzene rings is 1. The number of hydrogen-bond donors (Lipinski definition) is 3. The first-order chi connectivity index (χ1) is 6.85. The van der Waals surface area contributed by atoms with E-state index in [1.54, 1.807) is 38.1 Å². The number of carboxylic acids is 1. The highest BCUT2D eigenvalue weighted by Gasteiger charge is 2.29. The van der Waals surface area contributed by atoms with Crippen molar-refractivity contribution in [1.29, 1.82) is 0 Å². The van der Waals surface area contributed by atoms with E-state index < -0.39 is 16.8 Å². The molecule has 1 aromatic carbocycles. The molecule has 0 aliphatic heterocycles. The highest BCUT2D eigenvalue weighted by molar-refractivity contribution is 7.80. The molecule has 0 fully saturated rings. The Labute approximate surface area is 94.2 Å². The van der Waals surface area contributed by atoms with Gasteiger partial charge in [0.15, 0.2) is 0 Å². The summed E-state index contributed by atoms with van der Waals surface area (Å²) < 4.78 is 0. The van der Waals surface area contributed by atoms with Crippen molar-refractivity contribution >= 4 is 18.6 Å². The second kappa shape index (κ2) is 4.24. The zero-order chi connectivity index (χ0) is 11.6. The van der Waals surface area contributed by atoms with Crippen LogP contribution in [-0.4, -0.2) is 16.2 Å². The van der Waals surface area contributed by atoms with Crippen LogP contribution in [0.25, 0.3) is 0 Å². The van der Waals surface area contributed by atoms with Crippen molar-refractivity contribution in [3.05, 3.63) is 35.4 Å². The standard InChI is InChI=1S/C11H14O3S/c1-11(2,10(13)14)8-5-3-7(4-6-8)9(12)15/h3-6,9,12,15H,1-2H3,(H,13,14). The minimum atomic E-state index is -0.917. The summed E-state index contributed by atoms with van der Waals surface area (Å²) in [7, 11) is 0. The summed E-state index contributed by atoms with van der Waals surface area (Å²) in [5.74, 6) is -0.873. The zero-order valence-corrected chi connectivity index (χ0v) is 9.53. The molecule has 3 nitrogen and oxygen atoms in total. The summed E-state index contributed by atoms with van der Waals surface area (Å²) in [6.45, 7) is 3.28. The maximum atomic E-state index is 11.0. The molecule has 0 heterocycles. The minimum absolute atomic E-state index is 0.656. The molecular formula is C11H14O3S. The Bertz CT molecular complexity index is 355. The third kappa shape index (κ3) is 2.52. The van der Waals surface area contributed by atoms with Gasteiger partial charge in [0.1, 0.15) is 5.44 Å². The van der Waals surface area contributed by atoms with Gasteiger partial charge in [-0.3, -0.25) is 4.79 Å². The molecule has 0 saturated heterocycles. The van der Waals surface area contributed by atoms with Crippen LogP contribution in [0.1, 0.15) is 30.4 Å². The van der Waals surface area contributed by atoms with Gasteiger partial charge >= 0.3 is 5.97 Å². The van der Waals surface area contributed by atoms with Crippen molar-refractivity contribution in [2.45, 2.75) is 24.7 Å². The molecule has 0 spiro atoms. The Morgan fingerprint density at radius 2 is 1.80 bits per heavy atom. The maximum absolute atomic E-state index is 11.0. The number of rotatable bonds is 3. The van der Waals surface area contributed by atoms with E-state index in [-0.39, 0.29) is 0 Å². The second-order valence-corrected chi connectivity index (χ2v) is 4.41. The van der Waals surface area contributed by atoms with Crippen LogP contribution in [0.3, 0.4) is 0 Å². The Hall–Kier alpha value is -1.00. The largest absolute Gasteiger partial charge is 0.481 e. The molecular weight excluding hydrogens is 212 g/mol. The maximum Gasteiger partial charge on any atom is 0.313 e. The third-order valence-electron chi connectivity index (χ3n) is 2.47. The van der Waals surface area contributed by atoms with Crippen LogP contribution >= 0.6 is 12.6 Å². The molecule has 82 valence electrons. The molecule has 0 bridgehead atoms. The molecule has 1 unspecified atom stereocenters. The summed E-state index contributed by atoms with van der Waals surface area (Å²) in [6.07, 6.45) is 0. The topological polar surface area (TPSA) is 57.5 Å². The summed E-state index contributed by atoms with van der Waals surface area (Å²) in [5, 5.41) is 18.2. The number of thiol groups is 1. The Morgan fingerprint density at radius 1 is 1.33 bits per heavy atom. The lowest BCUT2D eigenvalue weighted by molar-refractivity contribution is -0.142. The van der Waals surface area contributed by atoms with E-state index in [4.69, 9.17) is 5.11 Å². The predicted molar refractivity (Wildman–Crippen MR) is 61.0 cm³/mol.